The molecule has 0 unspecified atom stereocenters. The van der Waals surface area contributed by atoms with E-state index in [1.54, 1.807) is 6.07 Å². The van der Waals surface area contributed by atoms with Gasteiger partial charge in [-0.1, -0.05) is 72.3 Å². The summed E-state index contributed by atoms with van der Waals surface area (Å²) in [5.74, 6) is 0. The van der Waals surface area contributed by atoms with Gasteiger partial charge in [-0.2, -0.15) is 0 Å². The number of fused-ring (bicyclic) bond motifs is 6. The van der Waals surface area contributed by atoms with Crippen LogP contribution in [-0.4, -0.2) is 4.98 Å². The summed E-state index contributed by atoms with van der Waals surface area (Å²) in [4.78, 5) is 18.2. The lowest BCUT2D eigenvalue weighted by Gasteiger charge is -2.14. The van der Waals surface area contributed by atoms with E-state index in [2.05, 4.69) is 12.1 Å². The lowest BCUT2D eigenvalue weighted by molar-refractivity contribution is 0.569. The molecule has 4 aromatic carbocycles. The maximum Gasteiger partial charge on any atom is 0.346 e. The Balaban J connectivity index is 1.99. The molecule has 30 heavy (non-hydrogen) atoms. The molecule has 0 N–H and O–H groups in total. The lowest BCUT2D eigenvalue weighted by atomic mass is 9.93. The van der Waals surface area contributed by atoms with E-state index in [4.69, 9.17) is 21.0 Å². The van der Waals surface area contributed by atoms with Crippen molar-refractivity contribution in [2.45, 2.75) is 0 Å². The molecular weight excluding hydrogens is 394 g/mol. The molecule has 0 atom stereocenters. The molecule has 2 heterocycles. The van der Waals surface area contributed by atoms with Gasteiger partial charge < -0.3 is 4.42 Å². The number of hydrogen-bond donors (Lipinski definition) is 0. The third-order valence-corrected chi connectivity index (χ3v) is 5.90. The van der Waals surface area contributed by atoms with E-state index in [9.17, 15) is 4.79 Å². The fourth-order valence-corrected chi connectivity index (χ4v) is 4.50. The van der Waals surface area contributed by atoms with Crippen LogP contribution in [0.5, 0.6) is 0 Å². The highest BCUT2D eigenvalue weighted by atomic mass is 35.5. The van der Waals surface area contributed by atoms with Gasteiger partial charge in [0.15, 0.2) is 0 Å². The molecule has 2 aromatic heterocycles. The van der Waals surface area contributed by atoms with Gasteiger partial charge >= 0.3 is 5.63 Å². The largest absolute Gasteiger partial charge is 0.422 e. The molecule has 6 rings (SSSR count). The van der Waals surface area contributed by atoms with Gasteiger partial charge in [0.1, 0.15) is 5.58 Å². The average Bonchev–Trinajstić information content (AvgIpc) is 2.78. The minimum Gasteiger partial charge on any atom is -0.422 e. The second kappa shape index (κ2) is 6.41. The molecule has 0 aliphatic carbocycles. The van der Waals surface area contributed by atoms with E-state index < -0.39 is 5.63 Å². The Labute approximate surface area is 176 Å². The molecule has 0 aliphatic rings. The number of hydrogen-bond acceptors (Lipinski definition) is 3. The smallest absolute Gasteiger partial charge is 0.346 e. The first-order valence-corrected chi connectivity index (χ1v) is 10.0. The van der Waals surface area contributed by atoms with Crippen LogP contribution in [-0.2, 0) is 0 Å². The van der Waals surface area contributed by atoms with Crippen LogP contribution in [0.1, 0.15) is 0 Å². The molecule has 0 bridgehead atoms. The summed E-state index contributed by atoms with van der Waals surface area (Å²) in [7, 11) is 0. The molecule has 0 aliphatic heterocycles. The summed E-state index contributed by atoms with van der Waals surface area (Å²) in [6, 6.07) is 27.2. The minimum absolute atomic E-state index is 0.416. The van der Waals surface area contributed by atoms with Crippen LogP contribution < -0.4 is 5.63 Å². The van der Waals surface area contributed by atoms with E-state index in [0.717, 1.165) is 38.2 Å². The molecule has 4 heteroatoms. The van der Waals surface area contributed by atoms with Crippen molar-refractivity contribution in [3.8, 4) is 11.1 Å². The SMILES string of the molecule is O=c1oc2ccccc2c2nc3ccc4ccccc4c3c(-c3ccccc3Cl)c12. The van der Waals surface area contributed by atoms with Gasteiger partial charge in [0.2, 0.25) is 0 Å². The van der Waals surface area contributed by atoms with Crippen molar-refractivity contribution in [3.05, 3.63) is 100 Å². The second-order valence-corrected chi connectivity index (χ2v) is 7.66. The standard InChI is InChI=1S/C26H14ClNO2/c27-19-11-5-3-9-17(19)23-22-16-8-2-1-7-15(16)13-14-20(22)28-25-18-10-4-6-12-21(18)30-26(29)24(23)25/h1-14H. The summed E-state index contributed by atoms with van der Waals surface area (Å²) >= 11 is 6.63. The molecule has 0 fully saturated rings. The van der Waals surface area contributed by atoms with Crippen LogP contribution in [0.3, 0.4) is 0 Å². The number of nitrogens with zero attached hydrogens (tertiary/aromatic N) is 1. The zero-order chi connectivity index (χ0) is 20.2. The summed E-state index contributed by atoms with van der Waals surface area (Å²) in [5, 5.41) is 4.82. The van der Waals surface area contributed by atoms with Crippen molar-refractivity contribution in [1.82, 2.24) is 4.98 Å². The Hall–Kier alpha value is -3.69. The van der Waals surface area contributed by atoms with Gasteiger partial charge in [0.25, 0.3) is 0 Å². The fraction of sp³-hybridized carbons (Fsp3) is 0. The predicted molar refractivity (Wildman–Crippen MR) is 123 cm³/mol. The Morgan fingerprint density at radius 3 is 2.33 bits per heavy atom. The monoisotopic (exact) mass is 407 g/mol. The zero-order valence-corrected chi connectivity index (χ0v) is 16.5. The first-order valence-electron chi connectivity index (χ1n) is 9.64. The maximum absolute atomic E-state index is 13.2. The highest BCUT2D eigenvalue weighted by Crippen LogP contribution is 2.41. The van der Waals surface area contributed by atoms with E-state index in [-0.39, 0.29) is 0 Å². The molecule has 3 nitrogen and oxygen atoms in total. The van der Waals surface area contributed by atoms with Gasteiger partial charge in [0, 0.05) is 26.9 Å². The molecule has 0 radical (unpaired) electrons. The molecule has 6 aromatic rings. The van der Waals surface area contributed by atoms with Gasteiger partial charge in [-0.05, 0) is 35.0 Å². The predicted octanol–water partition coefficient (Wildman–Crippen LogP) is 6.97. The van der Waals surface area contributed by atoms with Gasteiger partial charge in [-0.25, -0.2) is 9.78 Å². The molecule has 0 saturated heterocycles. The Morgan fingerprint density at radius 2 is 1.47 bits per heavy atom. The number of para-hydroxylation sites is 1. The molecule has 0 amide bonds. The minimum atomic E-state index is -0.416. The maximum atomic E-state index is 13.2. The summed E-state index contributed by atoms with van der Waals surface area (Å²) in [6.45, 7) is 0. The van der Waals surface area contributed by atoms with Crippen molar-refractivity contribution in [2.75, 3.05) is 0 Å². The van der Waals surface area contributed by atoms with Crippen molar-refractivity contribution in [3.63, 3.8) is 0 Å². The second-order valence-electron chi connectivity index (χ2n) is 7.26. The first kappa shape index (κ1) is 17.2. The van der Waals surface area contributed by atoms with Gasteiger partial charge in [-0.3, -0.25) is 0 Å². The Bertz CT molecular complexity index is 1680. The van der Waals surface area contributed by atoms with Crippen LogP contribution in [0.25, 0.3) is 54.7 Å². The van der Waals surface area contributed by atoms with E-state index >= 15 is 0 Å². The van der Waals surface area contributed by atoms with Crippen molar-refractivity contribution < 1.29 is 4.42 Å². The molecular formula is C26H14ClNO2. The topological polar surface area (TPSA) is 43.1 Å². The molecule has 142 valence electrons. The summed E-state index contributed by atoms with van der Waals surface area (Å²) in [6.07, 6.45) is 0. The highest BCUT2D eigenvalue weighted by Gasteiger charge is 2.20. The van der Waals surface area contributed by atoms with Crippen LogP contribution in [0.15, 0.2) is 94.1 Å². The Kier molecular flexibility index (Phi) is 3.67. The van der Waals surface area contributed by atoms with Crippen LogP contribution in [0.2, 0.25) is 5.02 Å². The molecule has 0 saturated carbocycles. The van der Waals surface area contributed by atoms with Crippen molar-refractivity contribution in [2.24, 2.45) is 0 Å². The third-order valence-electron chi connectivity index (χ3n) is 5.57. The first-order chi connectivity index (χ1) is 14.7. The average molecular weight is 408 g/mol. The normalized spacial score (nSPS) is 11.6. The number of halogens is 1. The highest BCUT2D eigenvalue weighted by molar-refractivity contribution is 6.35. The summed E-state index contributed by atoms with van der Waals surface area (Å²) in [5.41, 5.74) is 3.09. The third kappa shape index (κ3) is 2.39. The van der Waals surface area contributed by atoms with Crippen molar-refractivity contribution in [1.29, 1.82) is 0 Å². The van der Waals surface area contributed by atoms with Crippen LogP contribution in [0, 0.1) is 0 Å². The quantitative estimate of drug-likeness (QED) is 0.168. The zero-order valence-electron chi connectivity index (χ0n) is 15.7. The fourth-order valence-electron chi connectivity index (χ4n) is 4.26. The summed E-state index contributed by atoms with van der Waals surface area (Å²) < 4.78 is 5.70. The number of benzene rings is 4. The Morgan fingerprint density at radius 1 is 0.733 bits per heavy atom. The van der Waals surface area contributed by atoms with Crippen LogP contribution in [0.4, 0.5) is 0 Å². The lowest BCUT2D eigenvalue weighted by Crippen LogP contribution is -2.04. The number of aromatic nitrogens is 1. The number of pyridine rings is 1. The van der Waals surface area contributed by atoms with Crippen LogP contribution >= 0.6 is 11.6 Å². The van der Waals surface area contributed by atoms with E-state index in [0.29, 0.717) is 21.5 Å². The van der Waals surface area contributed by atoms with E-state index in [1.165, 1.54) is 0 Å². The molecule has 0 spiro atoms. The van der Waals surface area contributed by atoms with Gasteiger partial charge in [0.05, 0.1) is 16.4 Å². The number of rotatable bonds is 1. The van der Waals surface area contributed by atoms with Crippen molar-refractivity contribution >= 4 is 55.1 Å². The van der Waals surface area contributed by atoms with E-state index in [1.807, 2.05) is 66.7 Å². The van der Waals surface area contributed by atoms with Gasteiger partial charge in [-0.15, -0.1) is 0 Å².